The van der Waals surface area contributed by atoms with Crippen LogP contribution in [-0.4, -0.2) is 38.7 Å². The van der Waals surface area contributed by atoms with E-state index in [4.69, 9.17) is 4.74 Å². The number of fused-ring (bicyclic) bond motifs is 2. The molecule has 0 aliphatic carbocycles. The third kappa shape index (κ3) is 3.29. The van der Waals surface area contributed by atoms with Crippen LogP contribution in [0.2, 0.25) is 0 Å². The first-order valence-electron chi connectivity index (χ1n) is 7.79. The Morgan fingerprint density at radius 3 is 2.81 bits per heavy atom. The molecule has 4 N–H and O–H groups in total. The first-order valence-corrected chi connectivity index (χ1v) is 8.78. The highest BCUT2D eigenvalue weighted by atomic mass is 32.2. The zero-order valence-corrected chi connectivity index (χ0v) is 14.6. The molecule has 8 nitrogen and oxygen atoms in total. The Labute approximate surface area is 151 Å². The third-order valence-electron chi connectivity index (χ3n) is 3.81. The van der Waals surface area contributed by atoms with Gasteiger partial charge in [-0.3, -0.25) is 4.79 Å². The molecule has 1 amide bonds. The van der Waals surface area contributed by atoms with Crippen LogP contribution < -0.4 is 15.7 Å². The number of carbonyl (C=O) groups excluding carboxylic acids is 1. The molecule has 0 atom stereocenters. The first-order chi connectivity index (χ1) is 12.6. The fourth-order valence-corrected chi connectivity index (χ4v) is 3.29. The number of nitrogens with zero attached hydrogens (tertiary/aromatic N) is 1. The number of aromatic amines is 3. The number of aromatic nitrogens is 4. The summed E-state index contributed by atoms with van der Waals surface area (Å²) in [6, 6.07) is 10.8. The van der Waals surface area contributed by atoms with E-state index in [1.54, 1.807) is 25.3 Å². The molecule has 2 aromatic carbocycles. The largest absolute Gasteiger partial charge is 0.497 e. The topological polar surface area (TPSA) is 116 Å². The van der Waals surface area contributed by atoms with Crippen LogP contribution >= 0.6 is 11.8 Å². The number of methoxy groups -OCH3 is 1. The summed E-state index contributed by atoms with van der Waals surface area (Å²) in [7, 11) is 1.61. The monoisotopic (exact) mass is 369 g/mol. The number of hydrogen-bond donors (Lipinski definition) is 4. The summed E-state index contributed by atoms with van der Waals surface area (Å²) in [5.74, 6) is 0.789. The number of thioether (sulfide) groups is 1. The van der Waals surface area contributed by atoms with Crippen LogP contribution in [0.15, 0.2) is 46.3 Å². The molecular weight excluding hydrogens is 354 g/mol. The van der Waals surface area contributed by atoms with Gasteiger partial charge in [-0.1, -0.05) is 11.8 Å². The standard InChI is InChI=1S/C17H15N5O3S/c1-25-10-3-5-12-14(7-10)22-17(21-12)26-8-15(23)18-9-2-4-11-13(6-9)20-16(24)19-11/h2-7H,8H2,1H3,(H,18,23)(H,21,22)(H2,19,20,24). The van der Waals surface area contributed by atoms with Crippen LogP contribution in [0.25, 0.3) is 22.1 Å². The molecule has 0 saturated carbocycles. The number of rotatable bonds is 5. The minimum absolute atomic E-state index is 0.162. The molecular formula is C17H15N5O3S. The van der Waals surface area contributed by atoms with Crippen LogP contribution in [0, 0.1) is 0 Å². The van der Waals surface area contributed by atoms with Crippen molar-refractivity contribution in [2.45, 2.75) is 5.16 Å². The second-order valence-electron chi connectivity index (χ2n) is 5.60. The smallest absolute Gasteiger partial charge is 0.323 e. The number of anilines is 1. The Hall–Kier alpha value is -3.20. The molecule has 26 heavy (non-hydrogen) atoms. The Balaban J connectivity index is 1.42. The van der Waals surface area contributed by atoms with Crippen molar-refractivity contribution in [1.82, 2.24) is 19.9 Å². The van der Waals surface area contributed by atoms with Gasteiger partial charge >= 0.3 is 5.69 Å². The highest BCUT2D eigenvalue weighted by Gasteiger charge is 2.09. The SMILES string of the molecule is COc1ccc2nc(SCC(=O)Nc3ccc4[nH]c(=O)[nH]c4c3)[nH]c2c1. The van der Waals surface area contributed by atoms with Gasteiger partial charge in [-0.25, -0.2) is 9.78 Å². The van der Waals surface area contributed by atoms with Gasteiger partial charge in [0.25, 0.3) is 0 Å². The molecule has 0 aliphatic heterocycles. The van der Waals surface area contributed by atoms with Gasteiger partial charge in [-0.15, -0.1) is 0 Å². The maximum atomic E-state index is 12.2. The minimum atomic E-state index is -0.277. The molecule has 132 valence electrons. The highest BCUT2D eigenvalue weighted by Crippen LogP contribution is 2.23. The van der Waals surface area contributed by atoms with E-state index in [1.165, 1.54) is 11.8 Å². The van der Waals surface area contributed by atoms with Gasteiger partial charge in [0.15, 0.2) is 5.16 Å². The number of carbonyl (C=O) groups is 1. The summed E-state index contributed by atoms with van der Waals surface area (Å²) >= 11 is 1.31. The quantitative estimate of drug-likeness (QED) is 0.403. The Morgan fingerprint density at radius 1 is 1.12 bits per heavy atom. The van der Waals surface area contributed by atoms with E-state index in [9.17, 15) is 9.59 Å². The molecule has 9 heteroatoms. The highest BCUT2D eigenvalue weighted by molar-refractivity contribution is 7.99. The lowest BCUT2D eigenvalue weighted by Gasteiger charge is -2.04. The lowest BCUT2D eigenvalue weighted by atomic mass is 10.3. The summed E-state index contributed by atoms with van der Waals surface area (Å²) in [5.41, 5.74) is 3.35. The number of nitrogens with one attached hydrogen (secondary N) is 4. The lowest BCUT2D eigenvalue weighted by Crippen LogP contribution is -2.14. The van der Waals surface area contributed by atoms with E-state index in [0.717, 1.165) is 16.8 Å². The summed E-state index contributed by atoms with van der Waals surface area (Å²) in [4.78, 5) is 36.4. The molecule has 4 aromatic rings. The molecule has 0 spiro atoms. The maximum Gasteiger partial charge on any atom is 0.323 e. The average molecular weight is 369 g/mol. The second-order valence-corrected chi connectivity index (χ2v) is 6.57. The number of imidazole rings is 2. The van der Waals surface area contributed by atoms with Gasteiger partial charge in [0.1, 0.15) is 5.75 Å². The van der Waals surface area contributed by atoms with Crippen LogP contribution in [0.3, 0.4) is 0 Å². The molecule has 0 aliphatic rings. The van der Waals surface area contributed by atoms with Gasteiger partial charge in [0, 0.05) is 11.8 Å². The van der Waals surface area contributed by atoms with E-state index in [2.05, 4.69) is 25.3 Å². The number of H-pyrrole nitrogens is 3. The molecule has 0 radical (unpaired) electrons. The number of ether oxygens (including phenoxy) is 1. The van der Waals surface area contributed by atoms with Crippen molar-refractivity contribution < 1.29 is 9.53 Å². The average Bonchev–Trinajstić information content (AvgIpc) is 3.20. The van der Waals surface area contributed by atoms with E-state index < -0.39 is 0 Å². The van der Waals surface area contributed by atoms with Crippen molar-refractivity contribution in [3.63, 3.8) is 0 Å². The summed E-state index contributed by atoms with van der Waals surface area (Å²) in [6.07, 6.45) is 0. The van der Waals surface area contributed by atoms with Gasteiger partial charge in [0.05, 0.1) is 34.9 Å². The van der Waals surface area contributed by atoms with Crippen molar-refractivity contribution in [3.05, 3.63) is 46.9 Å². The molecule has 0 fully saturated rings. The van der Waals surface area contributed by atoms with Crippen molar-refractivity contribution in [2.75, 3.05) is 18.2 Å². The third-order valence-corrected chi connectivity index (χ3v) is 4.68. The van der Waals surface area contributed by atoms with Crippen LogP contribution in [0.4, 0.5) is 5.69 Å². The van der Waals surface area contributed by atoms with Gasteiger partial charge in [0.2, 0.25) is 5.91 Å². The normalized spacial score (nSPS) is 11.1. The summed E-state index contributed by atoms with van der Waals surface area (Å²) in [6.45, 7) is 0. The van der Waals surface area contributed by atoms with E-state index in [1.807, 2.05) is 18.2 Å². The maximum absolute atomic E-state index is 12.2. The van der Waals surface area contributed by atoms with Crippen molar-refractivity contribution in [1.29, 1.82) is 0 Å². The molecule has 0 saturated heterocycles. The molecule has 2 heterocycles. The van der Waals surface area contributed by atoms with Gasteiger partial charge in [-0.2, -0.15) is 0 Å². The molecule has 0 unspecified atom stereocenters. The second kappa shape index (κ2) is 6.60. The fourth-order valence-electron chi connectivity index (χ4n) is 2.60. The summed E-state index contributed by atoms with van der Waals surface area (Å²) < 4.78 is 5.19. The first kappa shape index (κ1) is 16.3. The fraction of sp³-hybridized carbons (Fsp3) is 0.118. The lowest BCUT2D eigenvalue weighted by molar-refractivity contribution is -0.113. The zero-order chi connectivity index (χ0) is 18.1. The van der Waals surface area contributed by atoms with Crippen molar-refractivity contribution in [2.24, 2.45) is 0 Å². The number of benzene rings is 2. The zero-order valence-electron chi connectivity index (χ0n) is 13.8. The van der Waals surface area contributed by atoms with Gasteiger partial charge < -0.3 is 25.0 Å². The predicted molar refractivity (Wildman–Crippen MR) is 101 cm³/mol. The molecule has 0 bridgehead atoms. The number of amides is 1. The Bertz CT molecular complexity index is 1160. The van der Waals surface area contributed by atoms with Crippen LogP contribution in [-0.2, 0) is 4.79 Å². The van der Waals surface area contributed by atoms with E-state index in [-0.39, 0.29) is 17.3 Å². The van der Waals surface area contributed by atoms with Crippen LogP contribution in [0.5, 0.6) is 5.75 Å². The molecule has 2 aromatic heterocycles. The Kier molecular flexibility index (Phi) is 4.13. The van der Waals surface area contributed by atoms with E-state index >= 15 is 0 Å². The van der Waals surface area contributed by atoms with Crippen LogP contribution in [0.1, 0.15) is 0 Å². The van der Waals surface area contributed by atoms with E-state index in [0.29, 0.717) is 21.9 Å². The Morgan fingerprint density at radius 2 is 1.96 bits per heavy atom. The predicted octanol–water partition coefficient (Wildman–Crippen LogP) is 2.47. The minimum Gasteiger partial charge on any atom is -0.497 e. The van der Waals surface area contributed by atoms with Crippen molar-refractivity contribution in [3.8, 4) is 5.75 Å². The number of hydrogen-bond acceptors (Lipinski definition) is 5. The van der Waals surface area contributed by atoms with Gasteiger partial charge in [-0.05, 0) is 30.3 Å². The summed E-state index contributed by atoms with van der Waals surface area (Å²) in [5, 5.41) is 3.47. The van der Waals surface area contributed by atoms with Crippen molar-refractivity contribution >= 4 is 45.4 Å². The molecule has 4 rings (SSSR count).